The van der Waals surface area contributed by atoms with Crippen molar-refractivity contribution < 1.29 is 14.5 Å². The molecule has 1 saturated heterocycles. The first-order valence-electron chi connectivity index (χ1n) is 9.21. The predicted molar refractivity (Wildman–Crippen MR) is 107 cm³/mol. The van der Waals surface area contributed by atoms with Gasteiger partial charge >= 0.3 is 0 Å². The Hall–Kier alpha value is -2.57. The molecule has 27 heavy (non-hydrogen) atoms. The SMILES string of the molecule is CC(=O)c1ccc(NC(=O)C[NH+]2CCC[C@@H]2c2nc3ccccc3s2)cc1. The molecule has 0 aliphatic carbocycles. The summed E-state index contributed by atoms with van der Waals surface area (Å²) in [6.07, 6.45) is 2.17. The number of carbonyl (C=O) groups is 2. The van der Waals surface area contributed by atoms with Crippen molar-refractivity contribution >= 4 is 38.9 Å². The molecule has 2 aromatic carbocycles. The maximum atomic E-state index is 12.5. The average molecular weight is 380 g/mol. The monoisotopic (exact) mass is 380 g/mol. The van der Waals surface area contributed by atoms with E-state index in [-0.39, 0.29) is 17.7 Å². The van der Waals surface area contributed by atoms with Crippen molar-refractivity contribution in [2.75, 3.05) is 18.4 Å². The number of Topliss-reactive ketones (excluding diaryl/α,β-unsaturated/α-hetero) is 1. The summed E-state index contributed by atoms with van der Waals surface area (Å²) >= 11 is 1.74. The van der Waals surface area contributed by atoms with Gasteiger partial charge in [-0.05, 0) is 43.3 Å². The number of quaternary nitrogens is 1. The van der Waals surface area contributed by atoms with Crippen LogP contribution in [-0.2, 0) is 4.79 Å². The van der Waals surface area contributed by atoms with Crippen LogP contribution < -0.4 is 10.2 Å². The Bertz CT molecular complexity index is 948. The number of benzene rings is 2. The molecule has 4 rings (SSSR count). The number of fused-ring (bicyclic) bond motifs is 1. The van der Waals surface area contributed by atoms with Crippen LogP contribution >= 0.6 is 11.3 Å². The average Bonchev–Trinajstić information content (AvgIpc) is 3.28. The number of aromatic nitrogens is 1. The Morgan fingerprint density at radius 2 is 1.96 bits per heavy atom. The summed E-state index contributed by atoms with van der Waals surface area (Å²) in [5.74, 6) is 0.0154. The first kappa shape index (κ1) is 17.8. The molecule has 5 nitrogen and oxygen atoms in total. The predicted octanol–water partition coefficient (Wildman–Crippen LogP) is 2.86. The van der Waals surface area contributed by atoms with Crippen LogP contribution in [0.2, 0.25) is 0 Å². The molecule has 3 aromatic rings. The van der Waals surface area contributed by atoms with Gasteiger partial charge in [-0.1, -0.05) is 12.1 Å². The molecular weight excluding hydrogens is 358 g/mol. The molecule has 1 aromatic heterocycles. The standard InChI is InChI=1S/C21H21N3O2S/c1-14(25)15-8-10-16(11-9-15)22-20(26)13-24-12-4-6-18(24)21-23-17-5-2-3-7-19(17)27-21/h2-3,5,7-11,18H,4,6,12-13H2,1H3,(H,22,26)/p+1/t18-/m1/s1. The van der Waals surface area contributed by atoms with Gasteiger partial charge in [-0.25, -0.2) is 4.98 Å². The van der Waals surface area contributed by atoms with Gasteiger partial charge in [0.15, 0.2) is 17.3 Å². The second-order valence-electron chi connectivity index (χ2n) is 6.98. The topological polar surface area (TPSA) is 63.5 Å². The van der Waals surface area contributed by atoms with Crippen LogP contribution in [0.15, 0.2) is 48.5 Å². The number of anilines is 1. The van der Waals surface area contributed by atoms with E-state index in [0.717, 1.165) is 35.6 Å². The molecule has 2 N–H and O–H groups in total. The number of carbonyl (C=O) groups excluding carboxylic acids is 2. The number of nitrogens with one attached hydrogen (secondary N) is 2. The van der Waals surface area contributed by atoms with Gasteiger partial charge in [0, 0.05) is 24.1 Å². The van der Waals surface area contributed by atoms with Crippen molar-refractivity contribution in [1.29, 1.82) is 0 Å². The van der Waals surface area contributed by atoms with Crippen LogP contribution in [0.5, 0.6) is 0 Å². The number of likely N-dealkylation sites (tertiary alicyclic amines) is 1. The normalized spacial score (nSPS) is 19.3. The molecule has 2 atom stereocenters. The maximum absolute atomic E-state index is 12.5. The molecule has 138 valence electrons. The number of amides is 1. The second kappa shape index (κ2) is 7.58. The van der Waals surface area contributed by atoms with E-state index in [1.165, 1.54) is 16.5 Å². The second-order valence-corrected chi connectivity index (χ2v) is 8.04. The fourth-order valence-electron chi connectivity index (χ4n) is 3.66. The first-order valence-corrected chi connectivity index (χ1v) is 10.0. The van der Waals surface area contributed by atoms with Crippen LogP contribution in [0.1, 0.15) is 41.2 Å². The minimum atomic E-state index is -0.00594. The summed E-state index contributed by atoms with van der Waals surface area (Å²) in [6, 6.07) is 15.5. The highest BCUT2D eigenvalue weighted by molar-refractivity contribution is 7.18. The van der Waals surface area contributed by atoms with Crippen LogP contribution in [0.3, 0.4) is 0 Å². The molecule has 1 fully saturated rings. The highest BCUT2D eigenvalue weighted by atomic mass is 32.1. The number of ketones is 1. The van der Waals surface area contributed by atoms with Gasteiger partial charge in [-0.2, -0.15) is 0 Å². The third kappa shape index (κ3) is 3.91. The quantitative estimate of drug-likeness (QED) is 0.669. The van der Waals surface area contributed by atoms with Crippen LogP contribution in [-0.4, -0.2) is 29.8 Å². The molecular formula is C21H22N3O2S+. The molecule has 6 heteroatoms. The summed E-state index contributed by atoms with van der Waals surface area (Å²) in [6.45, 7) is 2.94. The van der Waals surface area contributed by atoms with Crippen LogP contribution in [0, 0.1) is 0 Å². The van der Waals surface area contributed by atoms with E-state index in [1.54, 1.807) is 35.6 Å². The van der Waals surface area contributed by atoms with E-state index < -0.39 is 0 Å². The molecule has 0 saturated carbocycles. The number of thiazole rings is 1. The highest BCUT2D eigenvalue weighted by Gasteiger charge is 2.34. The van der Waals surface area contributed by atoms with Gasteiger partial charge in [0.05, 0.1) is 16.8 Å². The minimum absolute atomic E-state index is 0.00594. The summed E-state index contributed by atoms with van der Waals surface area (Å²) in [4.78, 5) is 29.9. The van der Waals surface area contributed by atoms with Crippen LogP contribution in [0.4, 0.5) is 5.69 Å². The first-order chi connectivity index (χ1) is 13.1. The fraction of sp³-hybridized carbons (Fsp3) is 0.286. The molecule has 0 spiro atoms. The Morgan fingerprint density at radius 3 is 2.70 bits per heavy atom. The molecule has 2 heterocycles. The van der Waals surface area contributed by atoms with Gasteiger partial charge in [0.2, 0.25) is 0 Å². The van der Waals surface area contributed by atoms with Crippen molar-refractivity contribution in [3.05, 3.63) is 59.1 Å². The summed E-state index contributed by atoms with van der Waals surface area (Å²) < 4.78 is 1.20. The lowest BCUT2D eigenvalue weighted by molar-refractivity contribution is -0.910. The molecule has 1 aliphatic rings. The number of hydrogen-bond acceptors (Lipinski definition) is 4. The van der Waals surface area contributed by atoms with Crippen molar-refractivity contribution in [3.63, 3.8) is 0 Å². The zero-order valence-corrected chi connectivity index (χ0v) is 16.0. The highest BCUT2D eigenvalue weighted by Crippen LogP contribution is 2.28. The van der Waals surface area contributed by atoms with Gasteiger partial charge in [-0.15, -0.1) is 11.3 Å². The number of para-hydroxylation sites is 1. The lowest BCUT2D eigenvalue weighted by atomic mass is 10.1. The lowest BCUT2D eigenvalue weighted by Crippen LogP contribution is -3.11. The number of hydrogen-bond donors (Lipinski definition) is 2. The van der Waals surface area contributed by atoms with E-state index in [9.17, 15) is 9.59 Å². The molecule has 0 bridgehead atoms. The minimum Gasteiger partial charge on any atom is -0.321 e. The third-order valence-electron chi connectivity index (χ3n) is 5.05. The van der Waals surface area contributed by atoms with Crippen LogP contribution in [0.25, 0.3) is 10.2 Å². The van der Waals surface area contributed by atoms with Crippen molar-refractivity contribution in [3.8, 4) is 0 Å². The van der Waals surface area contributed by atoms with E-state index >= 15 is 0 Å². The summed E-state index contributed by atoms with van der Waals surface area (Å²) in [7, 11) is 0. The molecule has 1 unspecified atom stereocenters. The van der Waals surface area contributed by atoms with Gasteiger partial charge < -0.3 is 10.2 Å². The van der Waals surface area contributed by atoms with E-state index in [0.29, 0.717) is 12.1 Å². The van der Waals surface area contributed by atoms with Gasteiger partial charge in [0.25, 0.3) is 5.91 Å². The van der Waals surface area contributed by atoms with Gasteiger partial charge in [-0.3, -0.25) is 9.59 Å². The Morgan fingerprint density at radius 1 is 1.19 bits per heavy atom. The smallest absolute Gasteiger partial charge is 0.279 e. The molecule has 1 aliphatic heterocycles. The fourth-order valence-corrected chi connectivity index (χ4v) is 4.82. The summed E-state index contributed by atoms with van der Waals surface area (Å²) in [5.41, 5.74) is 2.41. The van der Waals surface area contributed by atoms with E-state index in [1.807, 2.05) is 18.2 Å². The maximum Gasteiger partial charge on any atom is 0.279 e. The Balaban J connectivity index is 1.43. The van der Waals surface area contributed by atoms with Crippen molar-refractivity contribution in [1.82, 2.24) is 4.98 Å². The zero-order valence-electron chi connectivity index (χ0n) is 15.2. The Kier molecular flexibility index (Phi) is 5.01. The van der Waals surface area contributed by atoms with E-state index in [2.05, 4.69) is 11.4 Å². The van der Waals surface area contributed by atoms with E-state index in [4.69, 9.17) is 4.98 Å². The number of rotatable bonds is 5. The molecule has 0 radical (unpaired) electrons. The largest absolute Gasteiger partial charge is 0.321 e. The van der Waals surface area contributed by atoms with Crippen molar-refractivity contribution in [2.45, 2.75) is 25.8 Å². The lowest BCUT2D eigenvalue weighted by Gasteiger charge is -2.19. The number of nitrogens with zero attached hydrogens (tertiary/aromatic N) is 1. The Labute approximate surface area is 162 Å². The third-order valence-corrected chi connectivity index (χ3v) is 6.20. The van der Waals surface area contributed by atoms with Crippen molar-refractivity contribution in [2.24, 2.45) is 0 Å². The molecule has 1 amide bonds. The summed E-state index contributed by atoms with van der Waals surface area (Å²) in [5, 5.41) is 4.07. The van der Waals surface area contributed by atoms with Gasteiger partial charge in [0.1, 0.15) is 6.04 Å². The zero-order chi connectivity index (χ0) is 18.8.